The van der Waals surface area contributed by atoms with Crippen LogP contribution in [0.4, 0.5) is 5.69 Å². The van der Waals surface area contributed by atoms with Gasteiger partial charge in [-0.3, -0.25) is 4.79 Å². The van der Waals surface area contributed by atoms with E-state index in [9.17, 15) is 9.90 Å². The summed E-state index contributed by atoms with van der Waals surface area (Å²) in [7, 11) is 1.94. The number of nitrogens with one attached hydrogen (secondary N) is 1. The van der Waals surface area contributed by atoms with Gasteiger partial charge in [-0.25, -0.2) is 0 Å². The summed E-state index contributed by atoms with van der Waals surface area (Å²) in [5, 5.41) is 16.4. The zero-order chi connectivity index (χ0) is 13.1. The molecule has 0 aliphatic carbocycles. The highest BCUT2D eigenvalue weighted by molar-refractivity contribution is 5.91. The first-order chi connectivity index (χ1) is 8.60. The Morgan fingerprint density at radius 2 is 2.44 bits per heavy atom. The predicted octanol–water partition coefficient (Wildman–Crippen LogP) is 0.488. The number of likely N-dealkylation sites (N-methyl/N-ethyl adjacent to an activating group) is 1. The number of β-amino-alcohol motifs (C(OH)–C–C–N with tert-alkyl or cyclic N) is 1. The summed E-state index contributed by atoms with van der Waals surface area (Å²) in [5.74, 6) is -0.104. The van der Waals surface area contributed by atoms with Crippen LogP contribution in [-0.4, -0.2) is 47.3 Å². The van der Waals surface area contributed by atoms with Gasteiger partial charge in [0, 0.05) is 25.4 Å². The van der Waals surface area contributed by atoms with Crippen LogP contribution in [0, 0.1) is 5.92 Å². The van der Waals surface area contributed by atoms with Crippen molar-refractivity contribution in [3.05, 3.63) is 12.0 Å². The van der Waals surface area contributed by atoms with Gasteiger partial charge in [0.05, 0.1) is 6.10 Å². The molecule has 1 amide bonds. The summed E-state index contributed by atoms with van der Waals surface area (Å²) < 4.78 is 4.82. The van der Waals surface area contributed by atoms with Gasteiger partial charge in [0.25, 0.3) is 0 Å². The van der Waals surface area contributed by atoms with Crippen LogP contribution < -0.4 is 5.32 Å². The van der Waals surface area contributed by atoms with Gasteiger partial charge in [0.1, 0.15) is 17.6 Å². The average molecular weight is 253 g/mol. The fourth-order valence-corrected chi connectivity index (χ4v) is 2.32. The average Bonchev–Trinajstić information content (AvgIpc) is 2.86. The fourth-order valence-electron chi connectivity index (χ4n) is 2.32. The van der Waals surface area contributed by atoms with E-state index in [0.717, 1.165) is 12.2 Å². The van der Waals surface area contributed by atoms with Crippen LogP contribution >= 0.6 is 0 Å². The number of carbonyl (C=O) groups is 1. The number of hydrogen-bond donors (Lipinski definition) is 2. The molecular formula is C12H19N3O3. The summed E-state index contributed by atoms with van der Waals surface area (Å²) in [6, 6.07) is 0. The number of anilines is 1. The van der Waals surface area contributed by atoms with Crippen LogP contribution in [0.3, 0.4) is 0 Å². The van der Waals surface area contributed by atoms with Gasteiger partial charge >= 0.3 is 0 Å². The van der Waals surface area contributed by atoms with Crippen molar-refractivity contribution < 1.29 is 14.4 Å². The van der Waals surface area contributed by atoms with E-state index in [2.05, 4.69) is 10.5 Å². The Bertz CT molecular complexity index is 418. The van der Waals surface area contributed by atoms with Gasteiger partial charge in [-0.05, 0) is 13.5 Å². The van der Waals surface area contributed by atoms with Crippen molar-refractivity contribution in [3.8, 4) is 0 Å². The molecule has 1 aromatic rings. The van der Waals surface area contributed by atoms with Gasteiger partial charge in [-0.2, -0.15) is 0 Å². The van der Waals surface area contributed by atoms with Crippen molar-refractivity contribution in [3.63, 3.8) is 0 Å². The lowest BCUT2D eigenvalue weighted by Gasteiger charge is -2.12. The molecule has 1 fully saturated rings. The lowest BCUT2D eigenvalue weighted by Crippen LogP contribution is -2.24. The lowest BCUT2D eigenvalue weighted by molar-refractivity contribution is -0.117. The predicted molar refractivity (Wildman–Crippen MR) is 66.1 cm³/mol. The number of likely N-dealkylation sites (tertiary alicyclic amines) is 1. The van der Waals surface area contributed by atoms with Crippen molar-refractivity contribution >= 4 is 11.6 Å². The third-order valence-corrected chi connectivity index (χ3v) is 3.29. The summed E-state index contributed by atoms with van der Waals surface area (Å²) in [4.78, 5) is 13.9. The third kappa shape index (κ3) is 2.88. The number of aromatic nitrogens is 1. The monoisotopic (exact) mass is 253 g/mol. The van der Waals surface area contributed by atoms with E-state index < -0.39 is 6.10 Å². The number of aliphatic hydroxyl groups is 1. The lowest BCUT2D eigenvalue weighted by atomic mass is 10.0. The molecule has 1 aromatic heterocycles. The van der Waals surface area contributed by atoms with Gasteiger partial charge < -0.3 is 19.8 Å². The molecule has 0 aromatic carbocycles. The normalized spacial score (nSPS) is 24.4. The highest BCUT2D eigenvalue weighted by atomic mass is 16.5. The first-order valence-electron chi connectivity index (χ1n) is 6.19. The molecule has 0 bridgehead atoms. The molecule has 1 aliphatic heterocycles. The van der Waals surface area contributed by atoms with E-state index in [0.29, 0.717) is 25.1 Å². The molecule has 1 saturated heterocycles. The SMILES string of the molecule is CCc1nocc1NC(=O)C[C@@H]1CN(C)C[C@H]1O. The van der Waals surface area contributed by atoms with Crippen molar-refractivity contribution in [2.45, 2.75) is 25.9 Å². The molecule has 0 radical (unpaired) electrons. The third-order valence-electron chi connectivity index (χ3n) is 3.29. The Hall–Kier alpha value is -1.40. The Morgan fingerprint density at radius 3 is 3.06 bits per heavy atom. The highest BCUT2D eigenvalue weighted by Crippen LogP contribution is 2.20. The maximum atomic E-state index is 11.9. The second-order valence-electron chi connectivity index (χ2n) is 4.83. The molecule has 0 saturated carbocycles. The van der Waals surface area contributed by atoms with Crippen LogP contribution in [0.25, 0.3) is 0 Å². The molecule has 1 aliphatic rings. The molecular weight excluding hydrogens is 234 g/mol. The van der Waals surface area contributed by atoms with E-state index in [1.165, 1.54) is 6.26 Å². The molecule has 100 valence electrons. The van der Waals surface area contributed by atoms with E-state index in [1.54, 1.807) is 0 Å². The first-order valence-corrected chi connectivity index (χ1v) is 6.19. The van der Waals surface area contributed by atoms with Crippen LogP contribution in [0.5, 0.6) is 0 Å². The summed E-state index contributed by atoms with van der Waals surface area (Å²) >= 11 is 0. The standard InChI is InChI=1S/C12H19N3O3/c1-3-9-10(7-18-14-9)13-12(17)4-8-5-15(2)6-11(8)16/h7-8,11,16H,3-6H2,1-2H3,(H,13,17)/t8-,11-/m1/s1. The smallest absolute Gasteiger partial charge is 0.224 e. The van der Waals surface area contributed by atoms with Crippen molar-refractivity contribution in [1.29, 1.82) is 0 Å². The Balaban J connectivity index is 1.89. The summed E-state index contributed by atoms with van der Waals surface area (Å²) in [6.45, 7) is 3.33. The minimum Gasteiger partial charge on any atom is -0.391 e. The molecule has 0 unspecified atom stereocenters. The van der Waals surface area contributed by atoms with Crippen LogP contribution in [0.2, 0.25) is 0 Å². The maximum Gasteiger partial charge on any atom is 0.224 e. The van der Waals surface area contributed by atoms with Gasteiger partial charge in [-0.1, -0.05) is 12.1 Å². The zero-order valence-electron chi connectivity index (χ0n) is 10.7. The molecule has 2 rings (SSSR count). The summed E-state index contributed by atoms with van der Waals surface area (Å²) in [6.07, 6.45) is 2.04. The van der Waals surface area contributed by atoms with Crippen molar-refractivity contribution in [2.75, 3.05) is 25.5 Å². The molecule has 0 spiro atoms. The molecule has 2 N–H and O–H groups in total. The quantitative estimate of drug-likeness (QED) is 0.816. The van der Waals surface area contributed by atoms with E-state index in [1.807, 2.05) is 18.9 Å². The Labute approximate surface area is 106 Å². The number of carbonyl (C=O) groups excluding carboxylic acids is 1. The minimum absolute atomic E-state index is 0.0000586. The minimum atomic E-state index is -0.422. The van der Waals surface area contributed by atoms with Crippen molar-refractivity contribution in [2.24, 2.45) is 5.92 Å². The molecule has 18 heavy (non-hydrogen) atoms. The van der Waals surface area contributed by atoms with Crippen LogP contribution in [0.1, 0.15) is 19.0 Å². The maximum absolute atomic E-state index is 11.9. The van der Waals surface area contributed by atoms with E-state index >= 15 is 0 Å². The van der Waals surface area contributed by atoms with Crippen LogP contribution in [0.15, 0.2) is 10.8 Å². The summed E-state index contributed by atoms with van der Waals surface area (Å²) in [5.41, 5.74) is 1.37. The van der Waals surface area contributed by atoms with Crippen molar-refractivity contribution in [1.82, 2.24) is 10.1 Å². The van der Waals surface area contributed by atoms with Gasteiger partial charge in [0.2, 0.25) is 5.91 Å². The molecule has 2 heterocycles. The molecule has 6 heteroatoms. The number of aryl methyl sites for hydroxylation is 1. The Kier molecular flexibility index (Phi) is 3.98. The fraction of sp³-hybridized carbons (Fsp3) is 0.667. The number of nitrogens with zero attached hydrogens (tertiary/aromatic N) is 2. The van der Waals surface area contributed by atoms with Gasteiger partial charge in [0.15, 0.2) is 0 Å². The topological polar surface area (TPSA) is 78.6 Å². The largest absolute Gasteiger partial charge is 0.391 e. The number of aliphatic hydroxyl groups excluding tert-OH is 1. The molecule has 6 nitrogen and oxygen atoms in total. The van der Waals surface area contributed by atoms with E-state index in [4.69, 9.17) is 4.52 Å². The number of hydrogen-bond acceptors (Lipinski definition) is 5. The highest BCUT2D eigenvalue weighted by Gasteiger charge is 2.30. The Morgan fingerprint density at radius 1 is 1.67 bits per heavy atom. The van der Waals surface area contributed by atoms with E-state index in [-0.39, 0.29) is 11.8 Å². The second-order valence-corrected chi connectivity index (χ2v) is 4.83. The first kappa shape index (κ1) is 13.0. The number of rotatable bonds is 4. The van der Waals surface area contributed by atoms with Gasteiger partial charge in [-0.15, -0.1) is 0 Å². The van der Waals surface area contributed by atoms with Crippen LogP contribution in [-0.2, 0) is 11.2 Å². The molecule has 2 atom stereocenters. The zero-order valence-corrected chi connectivity index (χ0v) is 10.7. The second kappa shape index (κ2) is 5.49. The number of amides is 1.